The smallest absolute Gasteiger partial charge is 0.220 e. The molecule has 0 saturated heterocycles. The SMILES string of the molecule is COc1ccc(C(C)CC(=O)NCCNC2CCCCCC2)cc1. The molecule has 0 bridgehead atoms. The van der Waals surface area contributed by atoms with E-state index in [0.717, 1.165) is 12.3 Å². The molecule has 0 aliphatic heterocycles. The number of hydrogen-bond donors (Lipinski definition) is 2. The third-order valence-corrected chi connectivity index (χ3v) is 4.91. The Labute approximate surface area is 146 Å². The van der Waals surface area contributed by atoms with Crippen LogP contribution >= 0.6 is 0 Å². The Bertz CT molecular complexity index is 479. The Kier molecular flexibility index (Phi) is 8.10. The van der Waals surface area contributed by atoms with E-state index in [9.17, 15) is 4.79 Å². The van der Waals surface area contributed by atoms with Gasteiger partial charge in [0.2, 0.25) is 5.91 Å². The molecule has 4 heteroatoms. The first-order chi connectivity index (χ1) is 11.7. The summed E-state index contributed by atoms with van der Waals surface area (Å²) in [5, 5.41) is 6.62. The summed E-state index contributed by atoms with van der Waals surface area (Å²) in [6.07, 6.45) is 8.50. The summed E-state index contributed by atoms with van der Waals surface area (Å²) < 4.78 is 5.17. The molecular weight excluding hydrogens is 300 g/mol. The van der Waals surface area contributed by atoms with Gasteiger partial charge in [-0.15, -0.1) is 0 Å². The van der Waals surface area contributed by atoms with Crippen LogP contribution in [0.5, 0.6) is 5.75 Å². The zero-order chi connectivity index (χ0) is 17.2. The van der Waals surface area contributed by atoms with Crippen molar-refractivity contribution in [3.8, 4) is 5.75 Å². The van der Waals surface area contributed by atoms with E-state index in [1.807, 2.05) is 24.3 Å². The summed E-state index contributed by atoms with van der Waals surface area (Å²) in [6.45, 7) is 3.67. The maximum absolute atomic E-state index is 12.1. The van der Waals surface area contributed by atoms with Crippen molar-refractivity contribution in [2.45, 2.75) is 63.8 Å². The van der Waals surface area contributed by atoms with Gasteiger partial charge in [-0.1, -0.05) is 44.7 Å². The van der Waals surface area contributed by atoms with Gasteiger partial charge in [-0.2, -0.15) is 0 Å². The maximum atomic E-state index is 12.1. The fraction of sp³-hybridized carbons (Fsp3) is 0.650. The molecule has 4 nitrogen and oxygen atoms in total. The van der Waals surface area contributed by atoms with Gasteiger partial charge >= 0.3 is 0 Å². The highest BCUT2D eigenvalue weighted by Gasteiger charge is 2.13. The highest BCUT2D eigenvalue weighted by atomic mass is 16.5. The molecule has 1 aliphatic carbocycles. The van der Waals surface area contributed by atoms with Gasteiger partial charge in [0.25, 0.3) is 0 Å². The number of ether oxygens (including phenoxy) is 1. The minimum atomic E-state index is 0.126. The summed E-state index contributed by atoms with van der Waals surface area (Å²) in [6, 6.07) is 8.60. The lowest BCUT2D eigenvalue weighted by atomic mass is 9.97. The molecule has 1 atom stereocenters. The molecule has 0 aromatic heterocycles. The molecule has 134 valence electrons. The molecule has 0 radical (unpaired) electrons. The Hall–Kier alpha value is -1.55. The molecule has 0 heterocycles. The van der Waals surface area contributed by atoms with Crippen LogP contribution in [0.1, 0.15) is 63.4 Å². The first-order valence-corrected chi connectivity index (χ1v) is 9.33. The van der Waals surface area contributed by atoms with E-state index in [-0.39, 0.29) is 11.8 Å². The van der Waals surface area contributed by atoms with Gasteiger partial charge in [0, 0.05) is 25.6 Å². The number of amides is 1. The number of carbonyl (C=O) groups excluding carboxylic acids is 1. The van der Waals surface area contributed by atoms with Crippen LogP contribution in [0, 0.1) is 0 Å². The average Bonchev–Trinajstić information content (AvgIpc) is 2.87. The van der Waals surface area contributed by atoms with Crippen LogP contribution in [0.4, 0.5) is 0 Å². The largest absolute Gasteiger partial charge is 0.497 e. The highest BCUT2D eigenvalue weighted by molar-refractivity contribution is 5.76. The zero-order valence-corrected chi connectivity index (χ0v) is 15.1. The van der Waals surface area contributed by atoms with Crippen molar-refractivity contribution >= 4 is 5.91 Å². The molecule has 2 rings (SSSR count). The molecule has 1 aliphatic rings. The molecule has 1 amide bonds. The van der Waals surface area contributed by atoms with Crippen molar-refractivity contribution in [2.24, 2.45) is 0 Å². The molecule has 24 heavy (non-hydrogen) atoms. The highest BCUT2D eigenvalue weighted by Crippen LogP contribution is 2.21. The molecule has 0 spiro atoms. The van der Waals surface area contributed by atoms with Crippen molar-refractivity contribution in [2.75, 3.05) is 20.2 Å². The summed E-state index contributed by atoms with van der Waals surface area (Å²) in [5.74, 6) is 1.19. The van der Waals surface area contributed by atoms with Gasteiger partial charge in [-0.3, -0.25) is 4.79 Å². The van der Waals surface area contributed by atoms with Crippen LogP contribution in [0.2, 0.25) is 0 Å². The van der Waals surface area contributed by atoms with Gasteiger partial charge in [-0.25, -0.2) is 0 Å². The first-order valence-electron chi connectivity index (χ1n) is 9.33. The summed E-state index contributed by atoms with van der Waals surface area (Å²) in [5.41, 5.74) is 1.17. The second-order valence-electron chi connectivity index (χ2n) is 6.87. The van der Waals surface area contributed by atoms with Crippen molar-refractivity contribution in [3.05, 3.63) is 29.8 Å². The van der Waals surface area contributed by atoms with Gasteiger partial charge in [0.05, 0.1) is 7.11 Å². The minimum absolute atomic E-state index is 0.126. The molecular formula is C20H32N2O2. The molecule has 2 N–H and O–H groups in total. The lowest BCUT2D eigenvalue weighted by Gasteiger charge is -2.17. The summed E-state index contributed by atoms with van der Waals surface area (Å²) in [7, 11) is 1.66. The van der Waals surface area contributed by atoms with E-state index >= 15 is 0 Å². The van der Waals surface area contributed by atoms with E-state index in [2.05, 4.69) is 17.6 Å². The predicted octanol–water partition coefficient (Wildman–Crippen LogP) is 3.62. The fourth-order valence-electron chi connectivity index (χ4n) is 3.36. The average molecular weight is 332 g/mol. The van der Waals surface area contributed by atoms with E-state index in [0.29, 0.717) is 19.0 Å². The van der Waals surface area contributed by atoms with Crippen LogP contribution in [-0.4, -0.2) is 32.1 Å². The number of benzene rings is 1. The van der Waals surface area contributed by atoms with Gasteiger partial charge in [0.1, 0.15) is 5.75 Å². The Balaban J connectivity index is 1.63. The Morgan fingerprint density at radius 2 is 1.79 bits per heavy atom. The van der Waals surface area contributed by atoms with E-state index in [1.165, 1.54) is 44.1 Å². The maximum Gasteiger partial charge on any atom is 0.220 e. The molecule has 1 fully saturated rings. The van der Waals surface area contributed by atoms with Crippen LogP contribution in [0.25, 0.3) is 0 Å². The lowest BCUT2D eigenvalue weighted by Crippen LogP contribution is -2.37. The first kappa shape index (κ1) is 18.8. The second kappa shape index (κ2) is 10.3. The number of rotatable bonds is 8. The van der Waals surface area contributed by atoms with E-state index in [4.69, 9.17) is 4.74 Å². The van der Waals surface area contributed by atoms with Gasteiger partial charge in [-0.05, 0) is 36.5 Å². The number of nitrogens with one attached hydrogen (secondary N) is 2. The Morgan fingerprint density at radius 1 is 1.12 bits per heavy atom. The topological polar surface area (TPSA) is 50.4 Å². The number of methoxy groups -OCH3 is 1. The lowest BCUT2D eigenvalue weighted by molar-refractivity contribution is -0.121. The van der Waals surface area contributed by atoms with Gasteiger partial charge < -0.3 is 15.4 Å². The van der Waals surface area contributed by atoms with Crippen LogP contribution in [-0.2, 0) is 4.79 Å². The van der Waals surface area contributed by atoms with E-state index in [1.54, 1.807) is 7.11 Å². The van der Waals surface area contributed by atoms with Crippen LogP contribution in [0.15, 0.2) is 24.3 Å². The Morgan fingerprint density at radius 3 is 2.42 bits per heavy atom. The van der Waals surface area contributed by atoms with E-state index < -0.39 is 0 Å². The standard InChI is InChI=1S/C20H32N2O2/c1-16(17-9-11-19(24-2)12-10-17)15-20(23)22-14-13-21-18-7-5-3-4-6-8-18/h9-12,16,18,21H,3-8,13-15H2,1-2H3,(H,22,23). The molecule has 1 unspecified atom stereocenters. The number of carbonyl (C=O) groups is 1. The predicted molar refractivity (Wildman–Crippen MR) is 98.5 cm³/mol. The molecule has 1 aromatic carbocycles. The van der Waals surface area contributed by atoms with Crippen LogP contribution in [0.3, 0.4) is 0 Å². The minimum Gasteiger partial charge on any atom is -0.497 e. The number of hydrogen-bond acceptors (Lipinski definition) is 3. The van der Waals surface area contributed by atoms with Crippen molar-refractivity contribution < 1.29 is 9.53 Å². The summed E-state index contributed by atoms with van der Waals surface area (Å²) >= 11 is 0. The third kappa shape index (κ3) is 6.52. The normalized spacial score (nSPS) is 17.1. The quantitative estimate of drug-likeness (QED) is 0.565. The molecule has 1 aromatic rings. The van der Waals surface area contributed by atoms with Crippen molar-refractivity contribution in [3.63, 3.8) is 0 Å². The monoisotopic (exact) mass is 332 g/mol. The summed E-state index contributed by atoms with van der Waals surface area (Å²) in [4.78, 5) is 12.1. The second-order valence-corrected chi connectivity index (χ2v) is 6.87. The van der Waals surface area contributed by atoms with Gasteiger partial charge in [0.15, 0.2) is 0 Å². The fourth-order valence-corrected chi connectivity index (χ4v) is 3.36. The third-order valence-electron chi connectivity index (χ3n) is 4.91. The molecule has 1 saturated carbocycles. The van der Waals surface area contributed by atoms with Crippen molar-refractivity contribution in [1.82, 2.24) is 10.6 Å². The van der Waals surface area contributed by atoms with Crippen LogP contribution < -0.4 is 15.4 Å². The zero-order valence-electron chi connectivity index (χ0n) is 15.1. The van der Waals surface area contributed by atoms with Crippen molar-refractivity contribution in [1.29, 1.82) is 0 Å².